The third-order valence-electron chi connectivity index (χ3n) is 3.78. The molecule has 5 nitrogen and oxygen atoms in total. The van der Waals surface area contributed by atoms with E-state index in [0.717, 1.165) is 16.5 Å². The van der Waals surface area contributed by atoms with Gasteiger partial charge in [0.15, 0.2) is 0 Å². The molecule has 0 bridgehead atoms. The summed E-state index contributed by atoms with van der Waals surface area (Å²) >= 11 is 1.64. The quantitative estimate of drug-likeness (QED) is 0.831. The second kappa shape index (κ2) is 6.15. The highest BCUT2D eigenvalue weighted by Gasteiger charge is 2.28. The first-order valence-electron chi connectivity index (χ1n) is 7.41. The molecule has 3 rings (SSSR count). The van der Waals surface area contributed by atoms with Crippen molar-refractivity contribution >= 4 is 11.8 Å². The van der Waals surface area contributed by atoms with E-state index >= 15 is 0 Å². The molecule has 21 heavy (non-hydrogen) atoms. The van der Waals surface area contributed by atoms with Crippen molar-refractivity contribution in [1.29, 1.82) is 0 Å². The number of nitrogens with two attached hydrogens (primary N) is 1. The van der Waals surface area contributed by atoms with Crippen molar-refractivity contribution in [2.75, 3.05) is 5.75 Å². The Morgan fingerprint density at radius 2 is 1.90 bits per heavy atom. The predicted octanol–water partition coefficient (Wildman–Crippen LogP) is 2.92. The van der Waals surface area contributed by atoms with Gasteiger partial charge in [-0.2, -0.15) is 0 Å². The van der Waals surface area contributed by atoms with Crippen molar-refractivity contribution in [2.45, 2.75) is 49.8 Å². The summed E-state index contributed by atoms with van der Waals surface area (Å²) in [5, 5.41) is 12.8. The maximum Gasteiger partial charge on any atom is 0.209 e. The van der Waals surface area contributed by atoms with Crippen molar-refractivity contribution < 1.29 is 0 Å². The molecule has 0 amide bonds. The van der Waals surface area contributed by atoms with Gasteiger partial charge in [0, 0.05) is 11.8 Å². The van der Waals surface area contributed by atoms with Crippen molar-refractivity contribution in [2.24, 2.45) is 5.73 Å². The smallest absolute Gasteiger partial charge is 0.209 e. The number of benzene rings is 1. The van der Waals surface area contributed by atoms with Crippen LogP contribution >= 0.6 is 11.8 Å². The van der Waals surface area contributed by atoms with Crippen molar-refractivity contribution in [1.82, 2.24) is 20.2 Å². The summed E-state index contributed by atoms with van der Waals surface area (Å²) in [6, 6.07) is 9.09. The minimum Gasteiger partial charge on any atom is -0.323 e. The van der Waals surface area contributed by atoms with Gasteiger partial charge >= 0.3 is 0 Å². The minimum absolute atomic E-state index is 0.000523. The highest BCUT2D eigenvalue weighted by Crippen LogP contribution is 2.36. The first kappa shape index (κ1) is 14.5. The molecule has 1 unspecified atom stereocenters. The molecule has 2 N–H and O–H groups in total. The van der Waals surface area contributed by atoms with Gasteiger partial charge in [-0.05, 0) is 40.3 Å². The van der Waals surface area contributed by atoms with Crippen LogP contribution in [0, 0.1) is 0 Å². The Morgan fingerprint density at radius 1 is 1.24 bits per heavy atom. The van der Waals surface area contributed by atoms with E-state index < -0.39 is 0 Å². The first-order chi connectivity index (χ1) is 10.1. The molecule has 1 aliphatic carbocycles. The molecule has 1 fully saturated rings. The van der Waals surface area contributed by atoms with Crippen molar-refractivity contribution in [3.63, 3.8) is 0 Å². The lowest BCUT2D eigenvalue weighted by Gasteiger charge is -2.13. The number of aromatic nitrogens is 4. The lowest BCUT2D eigenvalue weighted by atomic mass is 10.00. The summed E-state index contributed by atoms with van der Waals surface area (Å²) < 4.78 is 1.93. The first-order valence-corrected chi connectivity index (χ1v) is 8.40. The van der Waals surface area contributed by atoms with Crippen LogP contribution in [0.5, 0.6) is 0 Å². The van der Waals surface area contributed by atoms with E-state index in [1.807, 2.05) is 4.68 Å². The van der Waals surface area contributed by atoms with Gasteiger partial charge in [-0.15, -0.1) is 5.10 Å². The summed E-state index contributed by atoms with van der Waals surface area (Å²) in [6.07, 6.45) is 2.36. The molecule has 1 heterocycles. The molecule has 1 atom stereocenters. The lowest BCUT2D eigenvalue weighted by molar-refractivity contribution is 0.565. The SMILES string of the molecule is CC(C)c1ccc(C(N)CSc2nnnn2C2CC2)cc1. The van der Waals surface area contributed by atoms with Crippen LogP contribution in [0.4, 0.5) is 0 Å². The minimum atomic E-state index is 0.000523. The van der Waals surface area contributed by atoms with Gasteiger partial charge in [0.25, 0.3) is 0 Å². The number of tetrazole rings is 1. The summed E-state index contributed by atoms with van der Waals surface area (Å²) in [7, 11) is 0. The Morgan fingerprint density at radius 3 is 2.52 bits per heavy atom. The van der Waals surface area contributed by atoms with E-state index in [0.29, 0.717) is 12.0 Å². The fraction of sp³-hybridized carbons (Fsp3) is 0.533. The average molecular weight is 303 g/mol. The number of hydrogen-bond donors (Lipinski definition) is 1. The molecule has 112 valence electrons. The zero-order valence-corrected chi connectivity index (χ0v) is 13.3. The van der Waals surface area contributed by atoms with Gasteiger partial charge in [0.05, 0.1) is 6.04 Å². The zero-order valence-electron chi connectivity index (χ0n) is 12.4. The molecular formula is C15H21N5S. The molecule has 1 aromatic heterocycles. The molecule has 6 heteroatoms. The molecule has 0 saturated heterocycles. The van der Waals surface area contributed by atoms with Gasteiger partial charge in [0.1, 0.15) is 0 Å². The number of nitrogens with zero attached hydrogens (tertiary/aromatic N) is 4. The van der Waals surface area contributed by atoms with Crippen LogP contribution in [0.25, 0.3) is 0 Å². The standard InChI is InChI=1S/C15H21N5S/c1-10(2)11-3-5-12(6-4-11)14(16)9-21-15-17-18-19-20(15)13-7-8-13/h3-6,10,13-14H,7-9,16H2,1-2H3. The highest BCUT2D eigenvalue weighted by atomic mass is 32.2. The third kappa shape index (κ3) is 3.44. The van der Waals surface area contributed by atoms with Gasteiger partial charge < -0.3 is 5.73 Å². The topological polar surface area (TPSA) is 69.6 Å². The van der Waals surface area contributed by atoms with E-state index in [1.54, 1.807) is 11.8 Å². The molecule has 0 spiro atoms. The largest absolute Gasteiger partial charge is 0.323 e. The molecule has 0 radical (unpaired) electrons. The molecule has 1 aromatic carbocycles. The summed E-state index contributed by atoms with van der Waals surface area (Å²) in [5.41, 5.74) is 8.79. The zero-order chi connectivity index (χ0) is 14.8. The lowest BCUT2D eigenvalue weighted by Crippen LogP contribution is -2.13. The second-order valence-electron chi connectivity index (χ2n) is 5.88. The molecule has 1 saturated carbocycles. The van der Waals surface area contributed by atoms with Crippen LogP contribution in [0.1, 0.15) is 55.8 Å². The molecular weight excluding hydrogens is 282 g/mol. The summed E-state index contributed by atoms with van der Waals surface area (Å²) in [6.45, 7) is 4.39. The van der Waals surface area contributed by atoms with Crippen molar-refractivity contribution in [3.8, 4) is 0 Å². The highest BCUT2D eigenvalue weighted by molar-refractivity contribution is 7.99. The van der Waals surface area contributed by atoms with Crippen LogP contribution in [-0.4, -0.2) is 26.0 Å². The Kier molecular flexibility index (Phi) is 4.26. The normalized spacial score (nSPS) is 16.4. The van der Waals surface area contributed by atoms with Crippen LogP contribution in [0.3, 0.4) is 0 Å². The Balaban J connectivity index is 1.60. The van der Waals surface area contributed by atoms with Crippen LogP contribution in [-0.2, 0) is 0 Å². The van der Waals surface area contributed by atoms with Crippen LogP contribution < -0.4 is 5.73 Å². The van der Waals surface area contributed by atoms with E-state index in [2.05, 4.69) is 53.6 Å². The summed E-state index contributed by atoms with van der Waals surface area (Å²) in [4.78, 5) is 0. The van der Waals surface area contributed by atoms with E-state index in [-0.39, 0.29) is 6.04 Å². The van der Waals surface area contributed by atoms with Gasteiger partial charge in [-0.3, -0.25) is 0 Å². The molecule has 1 aliphatic rings. The fourth-order valence-electron chi connectivity index (χ4n) is 2.22. The Hall–Kier alpha value is -1.40. The van der Waals surface area contributed by atoms with Gasteiger partial charge in [0.2, 0.25) is 5.16 Å². The maximum absolute atomic E-state index is 6.28. The van der Waals surface area contributed by atoms with Crippen LogP contribution in [0.15, 0.2) is 29.4 Å². The van der Waals surface area contributed by atoms with E-state index in [1.165, 1.54) is 18.4 Å². The number of thioether (sulfide) groups is 1. The van der Waals surface area contributed by atoms with Gasteiger partial charge in [-0.25, -0.2) is 4.68 Å². The van der Waals surface area contributed by atoms with Crippen molar-refractivity contribution in [3.05, 3.63) is 35.4 Å². The maximum atomic E-state index is 6.28. The van der Waals surface area contributed by atoms with E-state index in [4.69, 9.17) is 5.73 Å². The Labute approximate surface area is 129 Å². The predicted molar refractivity (Wildman–Crippen MR) is 84.3 cm³/mol. The number of rotatable bonds is 6. The monoisotopic (exact) mass is 303 g/mol. The van der Waals surface area contributed by atoms with Gasteiger partial charge in [-0.1, -0.05) is 49.9 Å². The third-order valence-corrected chi connectivity index (χ3v) is 4.83. The Bertz CT molecular complexity index is 588. The van der Waals surface area contributed by atoms with E-state index in [9.17, 15) is 0 Å². The van der Waals surface area contributed by atoms with Crippen LogP contribution in [0.2, 0.25) is 0 Å². The summed E-state index contributed by atoms with van der Waals surface area (Å²) in [5.74, 6) is 1.33. The number of hydrogen-bond acceptors (Lipinski definition) is 5. The molecule has 2 aromatic rings. The second-order valence-corrected chi connectivity index (χ2v) is 6.86. The fourth-order valence-corrected chi connectivity index (χ4v) is 3.15. The molecule has 0 aliphatic heterocycles. The average Bonchev–Trinajstić information content (AvgIpc) is 3.23.